The highest BCUT2D eigenvalue weighted by Crippen LogP contribution is 2.29. The number of nitrogens with zero attached hydrogens (tertiary/aromatic N) is 1. The van der Waals surface area contributed by atoms with Gasteiger partial charge in [0.25, 0.3) is 5.09 Å². The third-order valence-corrected chi connectivity index (χ3v) is 7.57. The minimum Gasteiger partial charge on any atom is -0.469 e. The summed E-state index contributed by atoms with van der Waals surface area (Å²) in [6, 6.07) is 9.77. The number of benzene rings is 2. The summed E-state index contributed by atoms with van der Waals surface area (Å²) in [4.78, 5) is 26.6. The van der Waals surface area contributed by atoms with Crippen molar-refractivity contribution in [3.05, 3.63) is 73.8 Å². The zero-order valence-corrected chi connectivity index (χ0v) is 20.4. The molecule has 1 aliphatic carbocycles. The minimum atomic E-state index is -3.70. The molecule has 0 fully saturated rings. The summed E-state index contributed by atoms with van der Waals surface area (Å²) in [5, 5.41) is 10.0. The highest BCUT2D eigenvalue weighted by Gasteiger charge is 2.26. The first-order valence-corrected chi connectivity index (χ1v) is 12.8. The molecule has 0 saturated carbocycles. The summed E-state index contributed by atoms with van der Waals surface area (Å²) >= 11 is 5.87. The van der Waals surface area contributed by atoms with Crippen LogP contribution < -0.4 is 4.72 Å². The van der Waals surface area contributed by atoms with E-state index in [2.05, 4.69) is 9.56 Å². The standard InChI is InChI=1S/C23H27ClN2O7S/c1-32-23(27)11-4-17-13-16(3-2-12-33-26(28)29)14-18-15-20(7-10-22(17)18)25-34(30,31)21-8-5-19(24)6-9-21/h5-6,8-9,13-14,20,25H,2-4,7,10-12,15H2,1H3. The number of methoxy groups -OCH3 is 1. The van der Waals surface area contributed by atoms with Gasteiger partial charge < -0.3 is 9.57 Å². The summed E-state index contributed by atoms with van der Waals surface area (Å²) in [5.41, 5.74) is 4.12. The van der Waals surface area contributed by atoms with Crippen LogP contribution in [0.1, 0.15) is 41.5 Å². The van der Waals surface area contributed by atoms with E-state index in [4.69, 9.17) is 16.3 Å². The van der Waals surface area contributed by atoms with Gasteiger partial charge in [0.1, 0.15) is 0 Å². The fourth-order valence-electron chi connectivity index (χ4n) is 4.18. The number of esters is 1. The lowest BCUT2D eigenvalue weighted by Gasteiger charge is -2.28. The predicted octanol–water partition coefficient (Wildman–Crippen LogP) is 3.42. The number of fused-ring (bicyclic) bond motifs is 1. The molecule has 0 radical (unpaired) electrons. The first-order chi connectivity index (χ1) is 16.2. The molecule has 1 atom stereocenters. The lowest BCUT2D eigenvalue weighted by atomic mass is 9.83. The van der Waals surface area contributed by atoms with Crippen molar-refractivity contribution in [1.29, 1.82) is 0 Å². The number of rotatable bonds is 11. The van der Waals surface area contributed by atoms with Gasteiger partial charge in [-0.05, 0) is 85.0 Å². The van der Waals surface area contributed by atoms with Crippen LogP contribution in [-0.2, 0) is 50.1 Å². The molecule has 0 heterocycles. The lowest BCUT2D eigenvalue weighted by molar-refractivity contribution is -0.757. The Labute approximate surface area is 203 Å². The van der Waals surface area contributed by atoms with Gasteiger partial charge in [0.2, 0.25) is 10.0 Å². The molecule has 0 aliphatic heterocycles. The first kappa shape index (κ1) is 25.9. The summed E-state index contributed by atoms with van der Waals surface area (Å²) in [6.45, 7) is -0.00883. The highest BCUT2D eigenvalue weighted by atomic mass is 35.5. The molecule has 0 bridgehead atoms. The molecular weight excluding hydrogens is 484 g/mol. The Morgan fingerprint density at radius 2 is 1.97 bits per heavy atom. The number of nitrogens with one attached hydrogen (secondary N) is 1. The molecule has 0 amide bonds. The summed E-state index contributed by atoms with van der Waals surface area (Å²) < 4.78 is 33.2. The number of carbonyl (C=O) groups excluding carboxylic acids is 1. The smallest absolute Gasteiger partial charge is 0.305 e. The van der Waals surface area contributed by atoms with Crippen molar-refractivity contribution in [3.8, 4) is 0 Å². The number of carbonyl (C=O) groups is 1. The van der Waals surface area contributed by atoms with Crippen LogP contribution in [0.4, 0.5) is 0 Å². The average Bonchev–Trinajstić information content (AvgIpc) is 2.79. The number of ether oxygens (including phenoxy) is 1. The van der Waals surface area contributed by atoms with Crippen LogP contribution in [0.2, 0.25) is 5.02 Å². The molecule has 2 aromatic rings. The van der Waals surface area contributed by atoms with Crippen molar-refractivity contribution in [2.45, 2.75) is 55.9 Å². The van der Waals surface area contributed by atoms with Gasteiger partial charge in [-0.25, -0.2) is 13.1 Å². The SMILES string of the molecule is COC(=O)CCc1cc(CCCO[N+](=O)[O-])cc2c1CCC(NS(=O)(=O)c1ccc(Cl)cc1)C2. The Bertz CT molecular complexity index is 1140. The van der Waals surface area contributed by atoms with Gasteiger partial charge >= 0.3 is 5.97 Å². The van der Waals surface area contributed by atoms with Gasteiger partial charge in [-0.2, -0.15) is 0 Å². The number of halogens is 1. The Balaban J connectivity index is 1.78. The van der Waals surface area contributed by atoms with Gasteiger partial charge in [-0.3, -0.25) is 4.79 Å². The van der Waals surface area contributed by atoms with Crippen molar-refractivity contribution >= 4 is 27.6 Å². The Morgan fingerprint density at radius 3 is 2.65 bits per heavy atom. The number of sulfonamides is 1. The Hall–Kier alpha value is -2.69. The number of aryl methyl sites for hydroxylation is 2. The monoisotopic (exact) mass is 510 g/mol. The normalized spacial score (nSPS) is 15.4. The maximum Gasteiger partial charge on any atom is 0.305 e. The van der Waals surface area contributed by atoms with Crippen molar-refractivity contribution in [3.63, 3.8) is 0 Å². The number of hydrogen-bond donors (Lipinski definition) is 1. The molecule has 0 saturated heterocycles. The van der Waals surface area contributed by atoms with Gasteiger partial charge in [0, 0.05) is 17.5 Å². The van der Waals surface area contributed by atoms with E-state index in [-0.39, 0.29) is 29.9 Å². The third kappa shape index (κ3) is 7.15. The molecule has 1 aliphatic rings. The van der Waals surface area contributed by atoms with Gasteiger partial charge in [0.15, 0.2) is 0 Å². The van der Waals surface area contributed by atoms with Crippen LogP contribution in [0.25, 0.3) is 0 Å². The average molecular weight is 511 g/mol. The lowest BCUT2D eigenvalue weighted by Crippen LogP contribution is -2.39. The molecule has 1 N–H and O–H groups in total. The largest absolute Gasteiger partial charge is 0.469 e. The van der Waals surface area contributed by atoms with Crippen molar-refractivity contribution in [1.82, 2.24) is 4.72 Å². The van der Waals surface area contributed by atoms with E-state index in [1.807, 2.05) is 12.1 Å². The molecular formula is C23H27ClN2O7S. The molecule has 184 valence electrons. The van der Waals surface area contributed by atoms with Gasteiger partial charge in [-0.1, -0.05) is 23.7 Å². The van der Waals surface area contributed by atoms with Crippen LogP contribution in [0.3, 0.4) is 0 Å². The van der Waals surface area contributed by atoms with Crippen molar-refractivity contribution in [2.24, 2.45) is 0 Å². The van der Waals surface area contributed by atoms with E-state index in [9.17, 15) is 23.3 Å². The molecule has 0 spiro atoms. The highest BCUT2D eigenvalue weighted by molar-refractivity contribution is 7.89. The maximum absolute atomic E-state index is 12.8. The summed E-state index contributed by atoms with van der Waals surface area (Å²) in [5.74, 6) is -0.303. The predicted molar refractivity (Wildman–Crippen MR) is 126 cm³/mol. The van der Waals surface area contributed by atoms with Crippen LogP contribution >= 0.6 is 11.6 Å². The van der Waals surface area contributed by atoms with Gasteiger partial charge in [0.05, 0.1) is 18.6 Å². The zero-order chi connectivity index (χ0) is 24.7. The first-order valence-electron chi connectivity index (χ1n) is 10.9. The second kappa shape index (κ2) is 11.6. The van der Waals surface area contributed by atoms with E-state index < -0.39 is 15.1 Å². The van der Waals surface area contributed by atoms with Crippen LogP contribution in [0.15, 0.2) is 41.3 Å². The molecule has 3 rings (SSSR count). The molecule has 0 aromatic heterocycles. The van der Waals surface area contributed by atoms with Crippen LogP contribution in [0, 0.1) is 10.1 Å². The summed E-state index contributed by atoms with van der Waals surface area (Å²) in [6.07, 6.45) is 3.58. The number of hydrogen-bond acceptors (Lipinski definition) is 7. The van der Waals surface area contributed by atoms with E-state index >= 15 is 0 Å². The fraction of sp³-hybridized carbons (Fsp3) is 0.435. The van der Waals surface area contributed by atoms with Crippen LogP contribution in [0.5, 0.6) is 0 Å². The molecule has 11 heteroatoms. The Morgan fingerprint density at radius 1 is 1.24 bits per heavy atom. The second-order valence-corrected chi connectivity index (χ2v) is 10.3. The fourth-order valence-corrected chi connectivity index (χ4v) is 5.58. The van der Waals surface area contributed by atoms with Crippen molar-refractivity contribution in [2.75, 3.05) is 13.7 Å². The van der Waals surface area contributed by atoms with E-state index in [0.717, 1.165) is 22.3 Å². The Kier molecular flexibility index (Phi) is 8.87. The zero-order valence-electron chi connectivity index (χ0n) is 18.8. The quantitative estimate of drug-likeness (QED) is 0.212. The van der Waals surface area contributed by atoms with E-state index in [0.29, 0.717) is 43.5 Å². The second-order valence-electron chi connectivity index (χ2n) is 8.14. The molecule has 1 unspecified atom stereocenters. The van der Waals surface area contributed by atoms with Crippen molar-refractivity contribution < 1.29 is 27.9 Å². The van der Waals surface area contributed by atoms with E-state index in [1.54, 1.807) is 0 Å². The molecule has 2 aromatic carbocycles. The summed E-state index contributed by atoms with van der Waals surface area (Å²) in [7, 11) is -2.35. The third-order valence-electron chi connectivity index (χ3n) is 5.78. The molecule has 9 nitrogen and oxygen atoms in total. The van der Waals surface area contributed by atoms with Crippen LogP contribution in [-0.4, -0.2) is 39.2 Å². The molecule has 34 heavy (non-hydrogen) atoms. The van der Waals surface area contributed by atoms with E-state index in [1.165, 1.54) is 31.4 Å². The maximum atomic E-state index is 12.8. The van der Waals surface area contributed by atoms with Gasteiger partial charge in [-0.15, -0.1) is 10.1 Å². The topological polar surface area (TPSA) is 125 Å². The minimum absolute atomic E-state index is 0.00883.